The average Bonchev–Trinajstić information content (AvgIpc) is 2.39. The highest BCUT2D eigenvalue weighted by molar-refractivity contribution is 5.15. The summed E-state index contributed by atoms with van der Waals surface area (Å²) in [6, 6.07) is 2.70. The third-order valence-electron chi connectivity index (χ3n) is 5.10. The minimum atomic E-state index is -0.199. The molecule has 0 amide bonds. The molecule has 4 saturated heterocycles. The predicted octanol–water partition coefficient (Wildman–Crippen LogP) is 0.451. The summed E-state index contributed by atoms with van der Waals surface area (Å²) in [5.41, 5.74) is -0.199. The number of ether oxygens (including phenoxy) is 1. The molecule has 4 aliphatic rings. The number of morpholine rings is 1. The van der Waals surface area contributed by atoms with Crippen LogP contribution in [0.1, 0.15) is 12.8 Å². The summed E-state index contributed by atoms with van der Waals surface area (Å²) >= 11 is 0. The Morgan fingerprint density at radius 2 is 1.94 bits per heavy atom. The van der Waals surface area contributed by atoms with Gasteiger partial charge in [0.2, 0.25) is 0 Å². The van der Waals surface area contributed by atoms with E-state index < -0.39 is 0 Å². The standard InChI is InChI=1S/C13H22N3O/c1-16-6-2-12(3-7-16)13(10-14,11-16)15-4-8-17-9-5-15/h12H,2-9,11H2,1H3/q+1/t12?,13-,16?/m1/s1. The summed E-state index contributed by atoms with van der Waals surface area (Å²) < 4.78 is 6.53. The van der Waals surface area contributed by atoms with Crippen molar-refractivity contribution in [3.8, 4) is 6.07 Å². The molecule has 0 spiro atoms. The van der Waals surface area contributed by atoms with Crippen LogP contribution in [0.4, 0.5) is 0 Å². The second-order valence-electron chi connectivity index (χ2n) is 6.13. The first-order valence-corrected chi connectivity index (χ1v) is 6.76. The van der Waals surface area contributed by atoms with Gasteiger partial charge in [-0.3, -0.25) is 4.90 Å². The number of nitrogens with zero attached hydrogens (tertiary/aromatic N) is 3. The molecule has 0 aromatic rings. The van der Waals surface area contributed by atoms with Crippen molar-refractivity contribution in [1.82, 2.24) is 4.90 Å². The zero-order valence-electron chi connectivity index (χ0n) is 10.7. The highest BCUT2D eigenvalue weighted by atomic mass is 16.5. The highest BCUT2D eigenvalue weighted by Gasteiger charge is 2.57. The number of quaternary nitrogens is 1. The number of hydrogen-bond acceptors (Lipinski definition) is 3. The predicted molar refractivity (Wildman–Crippen MR) is 64.2 cm³/mol. The Hall–Kier alpha value is -0.630. The molecule has 0 N–H and O–H groups in total. The SMILES string of the molecule is C[N+]12CCC(CC1)[C@](C#N)(N1CCOCC1)C2. The Balaban J connectivity index is 1.89. The van der Waals surface area contributed by atoms with Crippen LogP contribution in [-0.2, 0) is 4.74 Å². The molecule has 0 unspecified atom stereocenters. The van der Waals surface area contributed by atoms with E-state index in [0.29, 0.717) is 5.92 Å². The number of rotatable bonds is 1. The maximum absolute atomic E-state index is 9.79. The Morgan fingerprint density at radius 3 is 2.47 bits per heavy atom. The number of likely N-dealkylation sites (N-methyl/N-ethyl adjacent to an activating group) is 1. The largest absolute Gasteiger partial charge is 0.379 e. The maximum Gasteiger partial charge on any atom is 0.162 e. The molecule has 4 aliphatic heterocycles. The Labute approximate surface area is 103 Å². The van der Waals surface area contributed by atoms with Crippen molar-refractivity contribution < 1.29 is 9.22 Å². The van der Waals surface area contributed by atoms with E-state index in [1.165, 1.54) is 25.9 Å². The summed E-state index contributed by atoms with van der Waals surface area (Å²) in [5, 5.41) is 9.79. The molecule has 0 radical (unpaired) electrons. The molecule has 4 heterocycles. The molecule has 4 nitrogen and oxygen atoms in total. The van der Waals surface area contributed by atoms with Crippen molar-refractivity contribution >= 4 is 0 Å². The molecule has 0 aromatic carbocycles. The lowest BCUT2D eigenvalue weighted by atomic mass is 9.71. The number of piperidine rings is 3. The quantitative estimate of drug-likeness (QED) is 0.620. The van der Waals surface area contributed by atoms with Gasteiger partial charge in [-0.2, -0.15) is 5.26 Å². The van der Waals surface area contributed by atoms with Gasteiger partial charge in [-0.25, -0.2) is 0 Å². The van der Waals surface area contributed by atoms with Gasteiger partial charge in [0.1, 0.15) is 6.54 Å². The van der Waals surface area contributed by atoms with Gasteiger partial charge >= 0.3 is 0 Å². The van der Waals surface area contributed by atoms with Crippen molar-refractivity contribution in [2.45, 2.75) is 18.4 Å². The molecule has 0 saturated carbocycles. The Kier molecular flexibility index (Phi) is 2.66. The smallest absolute Gasteiger partial charge is 0.162 e. The van der Waals surface area contributed by atoms with E-state index in [1.807, 2.05) is 0 Å². The van der Waals surface area contributed by atoms with Crippen LogP contribution in [0, 0.1) is 17.2 Å². The summed E-state index contributed by atoms with van der Waals surface area (Å²) in [5.74, 6) is 0.588. The van der Waals surface area contributed by atoms with Crippen LogP contribution < -0.4 is 0 Å². The normalized spacial score (nSPS) is 46.7. The van der Waals surface area contributed by atoms with Crippen LogP contribution in [0.5, 0.6) is 0 Å². The van der Waals surface area contributed by atoms with Gasteiger partial charge in [0.15, 0.2) is 5.54 Å². The lowest BCUT2D eigenvalue weighted by Gasteiger charge is -2.57. The first-order valence-electron chi connectivity index (χ1n) is 6.76. The summed E-state index contributed by atoms with van der Waals surface area (Å²) in [6.45, 7) is 7.00. The first-order chi connectivity index (χ1) is 8.19. The van der Waals surface area contributed by atoms with Crippen LogP contribution in [0.25, 0.3) is 0 Å². The van der Waals surface area contributed by atoms with Gasteiger partial charge < -0.3 is 9.22 Å². The van der Waals surface area contributed by atoms with Gasteiger partial charge in [-0.1, -0.05) is 0 Å². The molecule has 4 rings (SSSR count). The van der Waals surface area contributed by atoms with Gasteiger partial charge in [0.25, 0.3) is 0 Å². The third kappa shape index (κ3) is 1.69. The van der Waals surface area contributed by atoms with Gasteiger partial charge in [0, 0.05) is 31.8 Å². The van der Waals surface area contributed by atoms with Crippen LogP contribution in [-0.4, -0.2) is 67.9 Å². The molecule has 4 fully saturated rings. The Morgan fingerprint density at radius 1 is 1.29 bits per heavy atom. The van der Waals surface area contributed by atoms with Crippen LogP contribution in [0.3, 0.4) is 0 Å². The van der Waals surface area contributed by atoms with E-state index in [2.05, 4.69) is 18.0 Å². The molecule has 0 aliphatic carbocycles. The molecule has 0 aromatic heterocycles. The minimum Gasteiger partial charge on any atom is -0.379 e. The fourth-order valence-corrected chi connectivity index (χ4v) is 4.06. The van der Waals surface area contributed by atoms with Crippen LogP contribution in [0.2, 0.25) is 0 Å². The second-order valence-corrected chi connectivity index (χ2v) is 6.13. The number of hydrogen-bond donors (Lipinski definition) is 0. The summed E-state index contributed by atoms with van der Waals surface area (Å²) in [4.78, 5) is 2.41. The van der Waals surface area contributed by atoms with E-state index >= 15 is 0 Å². The lowest BCUT2D eigenvalue weighted by Crippen LogP contribution is -2.73. The van der Waals surface area contributed by atoms with E-state index in [1.54, 1.807) is 0 Å². The van der Waals surface area contributed by atoms with Gasteiger partial charge in [0.05, 0.1) is 39.4 Å². The van der Waals surface area contributed by atoms with Crippen molar-refractivity contribution in [2.24, 2.45) is 5.92 Å². The first kappa shape index (κ1) is 11.5. The average molecular weight is 236 g/mol. The molecule has 17 heavy (non-hydrogen) atoms. The summed E-state index contributed by atoms with van der Waals surface area (Å²) in [6.07, 6.45) is 2.45. The van der Waals surface area contributed by atoms with E-state index in [0.717, 1.165) is 37.3 Å². The van der Waals surface area contributed by atoms with Crippen molar-refractivity contribution in [3.05, 3.63) is 0 Å². The fraction of sp³-hybridized carbons (Fsp3) is 0.923. The van der Waals surface area contributed by atoms with Crippen LogP contribution >= 0.6 is 0 Å². The molecular weight excluding hydrogens is 214 g/mol. The molecule has 4 heteroatoms. The maximum atomic E-state index is 9.79. The minimum absolute atomic E-state index is 0.199. The molecule has 1 atom stereocenters. The van der Waals surface area contributed by atoms with Crippen molar-refractivity contribution in [3.63, 3.8) is 0 Å². The highest BCUT2D eigenvalue weighted by Crippen LogP contribution is 2.42. The van der Waals surface area contributed by atoms with E-state index in [4.69, 9.17) is 4.74 Å². The monoisotopic (exact) mass is 236 g/mol. The van der Waals surface area contributed by atoms with Gasteiger partial charge in [-0.15, -0.1) is 0 Å². The van der Waals surface area contributed by atoms with Crippen LogP contribution in [0.15, 0.2) is 0 Å². The van der Waals surface area contributed by atoms with E-state index in [-0.39, 0.29) is 5.54 Å². The number of nitriles is 1. The third-order valence-corrected chi connectivity index (χ3v) is 5.10. The Bertz CT molecular complexity index is 337. The zero-order chi connectivity index (χ0) is 11.9. The fourth-order valence-electron chi connectivity index (χ4n) is 4.06. The van der Waals surface area contributed by atoms with E-state index in [9.17, 15) is 5.26 Å². The topological polar surface area (TPSA) is 36.3 Å². The van der Waals surface area contributed by atoms with Crippen molar-refractivity contribution in [2.75, 3.05) is 53.0 Å². The molecule has 2 bridgehead atoms. The lowest BCUT2D eigenvalue weighted by molar-refractivity contribution is -0.930. The summed E-state index contributed by atoms with van der Waals surface area (Å²) in [7, 11) is 2.32. The van der Waals surface area contributed by atoms with Crippen molar-refractivity contribution in [1.29, 1.82) is 5.26 Å². The second kappa shape index (κ2) is 3.94. The molecule has 94 valence electrons. The number of fused-ring (bicyclic) bond motifs is 3. The zero-order valence-corrected chi connectivity index (χ0v) is 10.7. The van der Waals surface area contributed by atoms with Gasteiger partial charge in [-0.05, 0) is 0 Å². The molecular formula is C13H22N3O+.